The van der Waals surface area contributed by atoms with Gasteiger partial charge in [0.1, 0.15) is 0 Å². The lowest BCUT2D eigenvalue weighted by Gasteiger charge is -2.54. The van der Waals surface area contributed by atoms with E-state index in [-0.39, 0.29) is 35.0 Å². The Labute approximate surface area is 471 Å². The van der Waals surface area contributed by atoms with Crippen LogP contribution in [0.3, 0.4) is 0 Å². The number of anilines is 2. The first-order valence-electron chi connectivity index (χ1n) is 31.0. The van der Waals surface area contributed by atoms with Crippen LogP contribution in [0.4, 0.5) is 10.7 Å². The fourth-order valence-corrected chi connectivity index (χ4v) is 18.0. The van der Waals surface area contributed by atoms with Crippen molar-refractivity contribution in [1.82, 2.24) is 4.90 Å². The highest BCUT2D eigenvalue weighted by Crippen LogP contribution is 2.57. The molecule has 2 fully saturated rings. The van der Waals surface area contributed by atoms with Gasteiger partial charge >= 0.3 is 0 Å². The summed E-state index contributed by atoms with van der Waals surface area (Å²) in [6.45, 7) is 40.2. The van der Waals surface area contributed by atoms with Gasteiger partial charge in [0.15, 0.2) is 0 Å². The van der Waals surface area contributed by atoms with Crippen LogP contribution in [0.15, 0.2) is 137 Å². The summed E-state index contributed by atoms with van der Waals surface area (Å²) in [6.07, 6.45) is 39.1. The second-order valence-electron chi connectivity index (χ2n) is 29.1. The number of hydrogen-bond acceptors (Lipinski definition) is 4. The van der Waals surface area contributed by atoms with E-state index in [0.29, 0.717) is 53.4 Å². The standard InChI is InChI=1S/C72H94BN3S/c1-16-34-74(51-20-18-17-19-21-51)52-27-24-48(25-28-52)50-37-64-68-65(38-50)76(62-42-60-59(35-47(62)8)71(12,13)32-33-72(60,14)15)63-36-49(43(2)3)26-31-61(63)73(68)67-57-40-55-45(6)22-23-46(7)56(55)41-66(57)77-69(67)75(64)53-29-30-54(44(4)5)58(39-53)70(9,10)11/h16,18,20-21,26,29-31,35-36,38-48,52,54,58,62,64H,1,17,19,22-25,27-28,32-34,37H2,2-15H3. The predicted molar refractivity (Wildman–Crippen MR) is 335 cm³/mol. The van der Waals surface area contributed by atoms with Crippen LogP contribution in [0.5, 0.6) is 0 Å². The molecule has 12 rings (SSSR count). The van der Waals surface area contributed by atoms with E-state index in [1.807, 2.05) is 0 Å². The lowest BCUT2D eigenvalue weighted by molar-refractivity contribution is 0.196. The molecule has 2 saturated carbocycles. The van der Waals surface area contributed by atoms with Gasteiger partial charge in [0.05, 0.1) is 17.1 Å². The Morgan fingerprint density at radius 3 is 2.18 bits per heavy atom. The molecule has 0 saturated heterocycles. The SMILES string of the molecule is C=CCN(C1=CCCC=C1)C1CCC(C2=CC3=C4B(c5ccc(C(C)C)cc5N3C3C=C5C(=CC3C)C(C)(C)CCC5(C)C)c3c(sc5cc6c(cc35)C(C)CCC6C)N(C3=CC(C(C)(C)C)C(C(C)C)C=C3)C4C2)CC1. The largest absolute Gasteiger partial charge is 0.365 e. The van der Waals surface area contributed by atoms with Gasteiger partial charge in [-0.25, -0.2) is 0 Å². The molecule has 0 spiro atoms. The topological polar surface area (TPSA) is 9.72 Å². The van der Waals surface area contributed by atoms with E-state index in [9.17, 15) is 0 Å². The molecule has 3 heterocycles. The predicted octanol–water partition coefficient (Wildman–Crippen LogP) is 18.2. The zero-order chi connectivity index (χ0) is 54.2. The van der Waals surface area contributed by atoms with Gasteiger partial charge in [0.25, 0.3) is 0 Å². The van der Waals surface area contributed by atoms with Gasteiger partial charge in [0.2, 0.25) is 6.71 Å². The summed E-state index contributed by atoms with van der Waals surface area (Å²) >= 11 is 2.13. The van der Waals surface area contributed by atoms with Crippen molar-refractivity contribution >= 4 is 49.7 Å². The third kappa shape index (κ3) is 8.95. The first-order chi connectivity index (χ1) is 36.6. The Morgan fingerprint density at radius 2 is 1.53 bits per heavy atom. The quantitative estimate of drug-likeness (QED) is 0.156. The molecule has 406 valence electrons. The lowest BCUT2D eigenvalue weighted by Crippen LogP contribution is -2.63. The molecule has 7 unspecified atom stereocenters. The first kappa shape index (κ1) is 53.2. The third-order valence-corrected chi connectivity index (χ3v) is 22.6. The van der Waals surface area contributed by atoms with Crippen LogP contribution >= 0.6 is 11.3 Å². The Kier molecular flexibility index (Phi) is 13.6. The average Bonchev–Trinajstić information content (AvgIpc) is 3.96. The molecular weight excluding hydrogens is 950 g/mol. The summed E-state index contributed by atoms with van der Waals surface area (Å²) in [6, 6.07) is 14.2. The van der Waals surface area contributed by atoms with Crippen molar-refractivity contribution in [1.29, 1.82) is 0 Å². The average molecular weight is 1040 g/mol. The molecule has 5 heteroatoms. The highest BCUT2D eigenvalue weighted by molar-refractivity contribution is 7.26. The van der Waals surface area contributed by atoms with Crippen LogP contribution in [0.1, 0.15) is 202 Å². The van der Waals surface area contributed by atoms with Gasteiger partial charge in [-0.2, -0.15) is 0 Å². The minimum atomic E-state index is 0.118. The Morgan fingerprint density at radius 1 is 0.831 bits per heavy atom. The van der Waals surface area contributed by atoms with Crippen molar-refractivity contribution in [2.45, 2.75) is 203 Å². The molecule has 2 aliphatic heterocycles. The second kappa shape index (κ2) is 19.7. The minimum Gasteiger partial charge on any atom is -0.365 e. The number of rotatable bonds is 9. The van der Waals surface area contributed by atoms with E-state index in [2.05, 4.69) is 221 Å². The van der Waals surface area contributed by atoms with Gasteiger partial charge in [0, 0.05) is 40.1 Å². The summed E-state index contributed by atoms with van der Waals surface area (Å²) in [4.78, 5) is 8.65. The number of benzene rings is 2. The molecule has 1 aromatic heterocycles. The van der Waals surface area contributed by atoms with Gasteiger partial charge in [-0.1, -0.05) is 163 Å². The normalized spacial score (nSPS) is 30.2. The molecule has 7 aliphatic carbocycles. The van der Waals surface area contributed by atoms with Crippen molar-refractivity contribution in [3.8, 4) is 0 Å². The molecule has 0 N–H and O–H groups in total. The highest BCUT2D eigenvalue weighted by atomic mass is 32.1. The first-order valence-corrected chi connectivity index (χ1v) is 31.8. The minimum absolute atomic E-state index is 0.118. The Balaban J connectivity index is 1.11. The van der Waals surface area contributed by atoms with Crippen LogP contribution < -0.4 is 20.7 Å². The van der Waals surface area contributed by atoms with Crippen molar-refractivity contribution in [3.63, 3.8) is 0 Å². The summed E-state index contributed by atoms with van der Waals surface area (Å²) in [5.41, 5.74) is 20.5. The molecule has 2 aromatic carbocycles. The summed E-state index contributed by atoms with van der Waals surface area (Å²) in [5.74, 6) is 3.96. The van der Waals surface area contributed by atoms with Crippen LogP contribution in [-0.2, 0) is 0 Å². The maximum Gasteiger partial charge on any atom is 0.249 e. The molecule has 3 aromatic rings. The zero-order valence-corrected chi connectivity index (χ0v) is 50.8. The van der Waals surface area contributed by atoms with Crippen molar-refractivity contribution < 1.29 is 0 Å². The molecule has 0 amide bonds. The fourth-order valence-electron chi connectivity index (χ4n) is 16.7. The van der Waals surface area contributed by atoms with Crippen LogP contribution in [-0.4, -0.2) is 36.3 Å². The van der Waals surface area contributed by atoms with E-state index in [0.717, 1.165) is 25.8 Å². The number of fused-ring (bicyclic) bond motifs is 8. The molecule has 9 aliphatic rings. The van der Waals surface area contributed by atoms with Crippen molar-refractivity contribution in [2.24, 2.45) is 45.8 Å². The Bertz CT molecular complexity index is 3120. The van der Waals surface area contributed by atoms with E-state index >= 15 is 0 Å². The molecule has 7 atom stereocenters. The number of allylic oxidation sites excluding steroid dienone is 9. The van der Waals surface area contributed by atoms with Gasteiger partial charge < -0.3 is 14.7 Å². The summed E-state index contributed by atoms with van der Waals surface area (Å²) in [5, 5.41) is 3.02. The van der Waals surface area contributed by atoms with Crippen LogP contribution in [0, 0.1) is 45.8 Å². The van der Waals surface area contributed by atoms with Gasteiger partial charge in [-0.15, -0.1) is 17.9 Å². The summed E-state index contributed by atoms with van der Waals surface area (Å²) in [7, 11) is 0. The van der Waals surface area contributed by atoms with Crippen molar-refractivity contribution in [2.75, 3.05) is 16.3 Å². The monoisotopic (exact) mass is 1040 g/mol. The van der Waals surface area contributed by atoms with E-state index in [1.165, 1.54) is 100 Å². The smallest absolute Gasteiger partial charge is 0.249 e. The number of nitrogens with zero attached hydrogens (tertiary/aromatic N) is 3. The van der Waals surface area contributed by atoms with Crippen LogP contribution in [0.2, 0.25) is 0 Å². The molecule has 0 radical (unpaired) electrons. The zero-order valence-electron chi connectivity index (χ0n) is 50.0. The molecule has 3 nitrogen and oxygen atoms in total. The molecule has 0 bridgehead atoms. The Hall–Kier alpha value is -4.48. The summed E-state index contributed by atoms with van der Waals surface area (Å²) < 4.78 is 1.49. The maximum absolute atomic E-state index is 4.27. The fraction of sp³-hybridized carbons (Fsp3) is 0.556. The van der Waals surface area contributed by atoms with Gasteiger partial charge in [-0.05, 0) is 214 Å². The van der Waals surface area contributed by atoms with Gasteiger partial charge in [-0.3, -0.25) is 0 Å². The maximum atomic E-state index is 4.27. The molecule has 77 heavy (non-hydrogen) atoms. The highest BCUT2D eigenvalue weighted by Gasteiger charge is 2.53. The van der Waals surface area contributed by atoms with Crippen molar-refractivity contribution in [3.05, 3.63) is 154 Å². The number of thiophene rings is 1. The van der Waals surface area contributed by atoms with E-state index in [4.69, 9.17) is 0 Å². The second-order valence-corrected chi connectivity index (χ2v) is 30.1. The lowest BCUT2D eigenvalue weighted by atomic mass is 9.31. The van der Waals surface area contributed by atoms with E-state index < -0.39 is 0 Å². The third-order valence-electron chi connectivity index (χ3n) is 21.4. The molecular formula is C72H94BN3S. The van der Waals surface area contributed by atoms with Crippen LogP contribution in [0.25, 0.3) is 10.1 Å². The van der Waals surface area contributed by atoms with E-state index in [1.54, 1.807) is 38.8 Å². The number of hydrogen-bond donors (Lipinski definition) is 0.